The quantitative estimate of drug-likeness (QED) is 0.640. The lowest BCUT2D eigenvalue weighted by Crippen LogP contribution is -2.61. The van der Waals surface area contributed by atoms with Gasteiger partial charge in [0.1, 0.15) is 16.8 Å². The van der Waals surface area contributed by atoms with Gasteiger partial charge in [0.05, 0.1) is 0 Å². The Kier molecular flexibility index (Phi) is 4.10. The molecule has 1 amide bonds. The van der Waals surface area contributed by atoms with Crippen LogP contribution in [0.2, 0.25) is 0 Å². The number of hydrogen-bond acceptors (Lipinski definition) is 5. The molecule has 5 nitrogen and oxygen atoms in total. The predicted molar refractivity (Wildman–Crippen MR) is 86.2 cm³/mol. The standard InChI is InChI=1S/C13H9BrN2O3S2/c14-7-1-3-8(4-2-7)21-15-10-11(17)16-9(13(18)19)5-6-20-12(10)16/h1-5,12H,6H2,(H,18,19)/b15-10-/t12-/m1/s1. The van der Waals surface area contributed by atoms with E-state index in [4.69, 9.17) is 5.11 Å². The molecule has 21 heavy (non-hydrogen) atoms. The second kappa shape index (κ2) is 5.86. The maximum atomic E-state index is 12.0. The highest BCUT2D eigenvalue weighted by Crippen LogP contribution is 2.37. The van der Waals surface area contributed by atoms with Crippen LogP contribution in [-0.2, 0) is 9.59 Å². The number of β-lactam (4-membered cyclic amide) rings is 1. The largest absolute Gasteiger partial charge is 0.477 e. The van der Waals surface area contributed by atoms with Crippen LogP contribution in [0, 0.1) is 0 Å². The normalized spacial score (nSPS) is 22.6. The molecular weight excluding hydrogens is 376 g/mol. The SMILES string of the molecule is O=C(O)C1=CCS[C@@H]2/C(=N\Sc3ccc(Br)cc3)C(=O)N12. The van der Waals surface area contributed by atoms with Crippen LogP contribution < -0.4 is 0 Å². The number of carbonyl (C=O) groups is 2. The van der Waals surface area contributed by atoms with E-state index in [2.05, 4.69) is 20.3 Å². The molecule has 0 radical (unpaired) electrons. The lowest BCUT2D eigenvalue weighted by Gasteiger charge is -2.42. The Bertz CT molecular complexity index is 672. The number of carboxylic acids is 1. The van der Waals surface area contributed by atoms with Crippen LogP contribution in [-0.4, -0.2) is 38.7 Å². The summed E-state index contributed by atoms with van der Waals surface area (Å²) in [5, 5.41) is 8.80. The molecule has 3 rings (SSSR count). The van der Waals surface area contributed by atoms with Gasteiger partial charge in [0.2, 0.25) is 0 Å². The highest BCUT2D eigenvalue weighted by molar-refractivity contribution is 9.10. The Hall–Kier alpha value is -1.25. The van der Waals surface area contributed by atoms with Gasteiger partial charge in [-0.1, -0.05) is 15.9 Å². The van der Waals surface area contributed by atoms with Gasteiger partial charge >= 0.3 is 5.97 Å². The summed E-state index contributed by atoms with van der Waals surface area (Å²) in [6.45, 7) is 0. The van der Waals surface area contributed by atoms with Gasteiger partial charge in [0.15, 0.2) is 0 Å². The lowest BCUT2D eigenvalue weighted by molar-refractivity contribution is -0.139. The van der Waals surface area contributed by atoms with E-state index in [0.29, 0.717) is 11.5 Å². The Morgan fingerprint density at radius 2 is 2.14 bits per heavy atom. The van der Waals surface area contributed by atoms with Crippen molar-refractivity contribution in [3.8, 4) is 0 Å². The molecule has 1 fully saturated rings. The molecule has 1 aromatic rings. The van der Waals surface area contributed by atoms with Crippen molar-refractivity contribution in [3.63, 3.8) is 0 Å². The summed E-state index contributed by atoms with van der Waals surface area (Å²) in [7, 11) is 0. The molecule has 1 atom stereocenters. The van der Waals surface area contributed by atoms with Crippen LogP contribution in [0.4, 0.5) is 0 Å². The molecule has 2 aliphatic rings. The first-order chi connectivity index (χ1) is 10.1. The zero-order valence-electron chi connectivity index (χ0n) is 10.5. The molecule has 0 aliphatic carbocycles. The van der Waals surface area contributed by atoms with E-state index in [1.54, 1.807) is 6.08 Å². The summed E-state index contributed by atoms with van der Waals surface area (Å²) in [5.41, 5.74) is 0.469. The Balaban J connectivity index is 1.75. The fourth-order valence-electron chi connectivity index (χ4n) is 1.97. The Labute approximate surface area is 137 Å². The molecule has 2 aliphatic heterocycles. The molecule has 0 spiro atoms. The van der Waals surface area contributed by atoms with E-state index in [0.717, 1.165) is 9.37 Å². The Morgan fingerprint density at radius 3 is 2.81 bits per heavy atom. The van der Waals surface area contributed by atoms with Crippen molar-refractivity contribution in [3.05, 3.63) is 40.5 Å². The summed E-state index contributed by atoms with van der Waals surface area (Å²) >= 11 is 6.07. The van der Waals surface area contributed by atoms with Crippen LogP contribution >= 0.6 is 39.6 Å². The third-order valence-electron chi connectivity index (χ3n) is 2.98. The van der Waals surface area contributed by atoms with E-state index in [1.165, 1.54) is 28.6 Å². The number of carbonyl (C=O) groups excluding carboxylic acids is 1. The van der Waals surface area contributed by atoms with Crippen LogP contribution in [0.15, 0.2) is 49.8 Å². The Morgan fingerprint density at radius 1 is 1.43 bits per heavy atom. The first-order valence-corrected chi connectivity index (χ1v) is 8.58. The second-order valence-corrected chi connectivity index (χ2v) is 7.14. The molecule has 0 unspecified atom stereocenters. The molecule has 1 saturated heterocycles. The third kappa shape index (κ3) is 2.75. The first kappa shape index (κ1) is 14.7. The number of nitrogens with zero attached hydrogens (tertiary/aromatic N) is 2. The van der Waals surface area contributed by atoms with Crippen LogP contribution in [0.1, 0.15) is 0 Å². The van der Waals surface area contributed by atoms with Gasteiger partial charge in [0, 0.05) is 27.1 Å². The molecule has 0 bridgehead atoms. The maximum absolute atomic E-state index is 12.0. The van der Waals surface area contributed by atoms with Gasteiger partial charge < -0.3 is 5.11 Å². The minimum Gasteiger partial charge on any atom is -0.477 e. The van der Waals surface area contributed by atoms with Crippen molar-refractivity contribution >= 4 is 57.2 Å². The molecule has 0 saturated carbocycles. The third-order valence-corrected chi connectivity index (χ3v) is 5.39. The van der Waals surface area contributed by atoms with Gasteiger partial charge in [-0.25, -0.2) is 9.19 Å². The van der Waals surface area contributed by atoms with Crippen molar-refractivity contribution in [2.75, 3.05) is 5.75 Å². The number of fused-ring (bicyclic) bond motifs is 1. The van der Waals surface area contributed by atoms with E-state index >= 15 is 0 Å². The molecule has 2 heterocycles. The number of halogens is 1. The van der Waals surface area contributed by atoms with Crippen molar-refractivity contribution in [2.24, 2.45) is 4.40 Å². The van der Waals surface area contributed by atoms with Gasteiger partial charge in [-0.2, -0.15) is 0 Å². The summed E-state index contributed by atoms with van der Waals surface area (Å²) in [6.07, 6.45) is 1.56. The summed E-state index contributed by atoms with van der Waals surface area (Å²) in [4.78, 5) is 25.3. The molecule has 108 valence electrons. The molecular formula is C13H9BrN2O3S2. The van der Waals surface area contributed by atoms with E-state index in [-0.39, 0.29) is 17.0 Å². The van der Waals surface area contributed by atoms with Crippen molar-refractivity contribution in [1.82, 2.24) is 4.90 Å². The number of benzene rings is 1. The maximum Gasteiger partial charge on any atom is 0.352 e. The van der Waals surface area contributed by atoms with Gasteiger partial charge in [0.25, 0.3) is 5.91 Å². The first-order valence-electron chi connectivity index (χ1n) is 5.97. The number of thioether (sulfide) groups is 1. The van der Waals surface area contributed by atoms with Crippen LogP contribution in [0.3, 0.4) is 0 Å². The molecule has 1 aromatic carbocycles. The van der Waals surface area contributed by atoms with Gasteiger partial charge in [-0.15, -0.1) is 11.8 Å². The number of rotatable bonds is 3. The van der Waals surface area contributed by atoms with Crippen LogP contribution in [0.5, 0.6) is 0 Å². The zero-order valence-corrected chi connectivity index (χ0v) is 13.7. The predicted octanol–water partition coefficient (Wildman–Crippen LogP) is 2.78. The zero-order chi connectivity index (χ0) is 15.0. The number of hydrogen-bond donors (Lipinski definition) is 1. The average molecular weight is 385 g/mol. The fraction of sp³-hybridized carbons (Fsp3) is 0.154. The van der Waals surface area contributed by atoms with Crippen molar-refractivity contribution in [2.45, 2.75) is 10.3 Å². The molecule has 0 aromatic heterocycles. The van der Waals surface area contributed by atoms with E-state index < -0.39 is 5.97 Å². The van der Waals surface area contributed by atoms with Gasteiger partial charge in [-0.3, -0.25) is 9.69 Å². The van der Waals surface area contributed by atoms with Crippen LogP contribution in [0.25, 0.3) is 0 Å². The minimum absolute atomic E-state index is 0.0522. The summed E-state index contributed by atoms with van der Waals surface area (Å²) < 4.78 is 5.25. The number of carboxylic acid groups (broad SMARTS) is 1. The molecule has 1 N–H and O–H groups in total. The van der Waals surface area contributed by atoms with Crippen molar-refractivity contribution in [1.29, 1.82) is 0 Å². The second-order valence-electron chi connectivity index (χ2n) is 4.28. The smallest absolute Gasteiger partial charge is 0.352 e. The summed E-state index contributed by atoms with van der Waals surface area (Å²) in [5.74, 6) is -0.836. The van der Waals surface area contributed by atoms with E-state index in [1.807, 2.05) is 24.3 Å². The fourth-order valence-corrected chi connectivity index (χ4v) is 4.05. The number of aliphatic carboxylic acids is 1. The van der Waals surface area contributed by atoms with Gasteiger partial charge in [-0.05, 0) is 30.3 Å². The highest BCUT2D eigenvalue weighted by atomic mass is 79.9. The highest BCUT2D eigenvalue weighted by Gasteiger charge is 2.49. The topological polar surface area (TPSA) is 70.0 Å². The van der Waals surface area contributed by atoms with Crippen molar-refractivity contribution < 1.29 is 14.7 Å². The lowest BCUT2D eigenvalue weighted by atomic mass is 10.1. The number of amides is 1. The monoisotopic (exact) mass is 384 g/mol. The summed E-state index contributed by atoms with van der Waals surface area (Å²) in [6, 6.07) is 7.60. The minimum atomic E-state index is -1.08. The molecule has 8 heteroatoms. The average Bonchev–Trinajstić information content (AvgIpc) is 2.48. The van der Waals surface area contributed by atoms with E-state index in [9.17, 15) is 9.59 Å².